The van der Waals surface area contributed by atoms with E-state index in [-0.39, 0.29) is 5.41 Å². The molecule has 2 heteroatoms. The summed E-state index contributed by atoms with van der Waals surface area (Å²) in [7, 11) is 0. The van der Waals surface area contributed by atoms with E-state index in [0.717, 1.165) is 22.9 Å². The van der Waals surface area contributed by atoms with Gasteiger partial charge in [0, 0.05) is 0 Å². The molecular weight excluding hydrogens is 318 g/mol. The van der Waals surface area contributed by atoms with Crippen molar-refractivity contribution in [3.63, 3.8) is 0 Å². The fourth-order valence-corrected chi connectivity index (χ4v) is 4.57. The van der Waals surface area contributed by atoms with E-state index in [4.69, 9.17) is 10.1 Å². The first-order valence-electron chi connectivity index (χ1n) is 10.4. The van der Waals surface area contributed by atoms with E-state index < -0.39 is 0 Å². The fraction of sp³-hybridized carbons (Fsp3) is 0.500. The molecule has 0 N–H and O–H groups in total. The number of hydrogen-bond donors (Lipinski definition) is 0. The standard InChI is InChI=1S/C24H30NO/c1-24(17-10-6-4-2-3-5-7-11-18-24)19-13-12-16-22-23(19)25-20-14-8-9-15-21(20)26-22/h8-9,12-16H,2-7,10-11,17-18H2,1H3. The van der Waals surface area contributed by atoms with Crippen LogP contribution in [0.15, 0.2) is 42.5 Å². The molecule has 0 saturated heterocycles. The van der Waals surface area contributed by atoms with Gasteiger partial charge in [-0.2, -0.15) is 0 Å². The van der Waals surface area contributed by atoms with Crippen molar-refractivity contribution in [3.8, 4) is 11.5 Å². The van der Waals surface area contributed by atoms with E-state index in [1.165, 1.54) is 69.8 Å². The van der Waals surface area contributed by atoms with E-state index in [2.05, 4.69) is 31.2 Å². The second-order valence-electron chi connectivity index (χ2n) is 8.22. The molecule has 0 bridgehead atoms. The number of para-hydroxylation sites is 3. The Hall–Kier alpha value is -1.96. The third kappa shape index (κ3) is 3.60. The predicted octanol–water partition coefficient (Wildman–Crippen LogP) is 7.53. The average molecular weight is 349 g/mol. The van der Waals surface area contributed by atoms with Crippen LogP contribution in [0.4, 0.5) is 11.4 Å². The molecule has 1 saturated carbocycles. The molecule has 2 nitrogen and oxygen atoms in total. The van der Waals surface area contributed by atoms with E-state index >= 15 is 0 Å². The lowest BCUT2D eigenvalue weighted by Gasteiger charge is -2.34. The van der Waals surface area contributed by atoms with Crippen molar-refractivity contribution in [2.75, 3.05) is 0 Å². The van der Waals surface area contributed by atoms with Gasteiger partial charge in [0.2, 0.25) is 0 Å². The van der Waals surface area contributed by atoms with Gasteiger partial charge in [0.15, 0.2) is 11.5 Å². The molecule has 0 aromatic heterocycles. The van der Waals surface area contributed by atoms with Crippen molar-refractivity contribution in [2.24, 2.45) is 0 Å². The Bertz CT molecular complexity index is 740. The normalized spacial score (nSPS) is 19.9. The topological polar surface area (TPSA) is 23.3 Å². The van der Waals surface area contributed by atoms with Crippen molar-refractivity contribution in [2.45, 2.75) is 76.5 Å². The van der Waals surface area contributed by atoms with Crippen LogP contribution in [0.1, 0.15) is 76.7 Å². The second kappa shape index (κ2) is 7.73. The van der Waals surface area contributed by atoms with Gasteiger partial charge in [-0.25, -0.2) is 5.32 Å². The highest BCUT2D eigenvalue weighted by Gasteiger charge is 2.32. The van der Waals surface area contributed by atoms with Gasteiger partial charge in [0.25, 0.3) is 0 Å². The van der Waals surface area contributed by atoms with Gasteiger partial charge < -0.3 is 4.74 Å². The summed E-state index contributed by atoms with van der Waals surface area (Å²) in [6.45, 7) is 2.45. The largest absolute Gasteiger partial charge is 0.453 e. The first kappa shape index (κ1) is 17.5. The molecular formula is C24H30NO. The van der Waals surface area contributed by atoms with Crippen molar-refractivity contribution in [1.29, 1.82) is 0 Å². The molecule has 0 amide bonds. The number of nitrogens with zero attached hydrogens (tertiary/aromatic N) is 1. The molecule has 4 rings (SSSR count). The summed E-state index contributed by atoms with van der Waals surface area (Å²) in [6, 6.07) is 14.6. The van der Waals surface area contributed by atoms with Gasteiger partial charge in [-0.3, -0.25) is 0 Å². The van der Waals surface area contributed by atoms with E-state index in [0.29, 0.717) is 0 Å². The van der Waals surface area contributed by atoms with Crippen LogP contribution in [-0.4, -0.2) is 0 Å². The van der Waals surface area contributed by atoms with Gasteiger partial charge >= 0.3 is 0 Å². The Morgan fingerprint density at radius 1 is 0.731 bits per heavy atom. The lowest BCUT2D eigenvalue weighted by molar-refractivity contribution is 0.367. The summed E-state index contributed by atoms with van der Waals surface area (Å²) >= 11 is 0. The van der Waals surface area contributed by atoms with Gasteiger partial charge in [-0.1, -0.05) is 82.6 Å². The van der Waals surface area contributed by atoms with E-state index in [1.807, 2.05) is 18.2 Å². The van der Waals surface area contributed by atoms with Crippen molar-refractivity contribution >= 4 is 11.4 Å². The Balaban J connectivity index is 1.65. The Morgan fingerprint density at radius 2 is 1.35 bits per heavy atom. The lowest BCUT2D eigenvalue weighted by atomic mass is 9.73. The molecule has 2 aromatic carbocycles. The zero-order valence-electron chi connectivity index (χ0n) is 16.0. The molecule has 26 heavy (non-hydrogen) atoms. The van der Waals surface area contributed by atoms with Crippen molar-refractivity contribution in [1.82, 2.24) is 5.32 Å². The lowest BCUT2D eigenvalue weighted by Crippen LogP contribution is -2.24. The minimum atomic E-state index is 0.189. The zero-order valence-corrected chi connectivity index (χ0v) is 16.0. The number of fused-ring (bicyclic) bond motifs is 2. The summed E-state index contributed by atoms with van der Waals surface area (Å²) in [6.07, 6.45) is 13.5. The summed E-state index contributed by atoms with van der Waals surface area (Å²) < 4.78 is 6.18. The summed E-state index contributed by atoms with van der Waals surface area (Å²) in [5, 5.41) is 5.02. The maximum Gasteiger partial charge on any atom is 0.153 e. The first-order valence-corrected chi connectivity index (χ1v) is 10.4. The Labute approximate surface area is 158 Å². The van der Waals surface area contributed by atoms with Gasteiger partial charge in [0.05, 0.1) is 0 Å². The maximum atomic E-state index is 6.18. The predicted molar refractivity (Wildman–Crippen MR) is 108 cm³/mol. The van der Waals surface area contributed by atoms with E-state index in [1.54, 1.807) is 0 Å². The van der Waals surface area contributed by atoms with E-state index in [9.17, 15) is 0 Å². The van der Waals surface area contributed by atoms with Gasteiger partial charge in [-0.05, 0) is 42.0 Å². The highest BCUT2D eigenvalue weighted by atomic mass is 16.5. The molecule has 1 aliphatic heterocycles. The SMILES string of the molecule is CC1(c2cccc3c2[N]c2ccccc2O3)CCCCCCCCCC1. The fourth-order valence-electron chi connectivity index (χ4n) is 4.57. The molecule has 137 valence electrons. The highest BCUT2D eigenvalue weighted by Crippen LogP contribution is 2.49. The van der Waals surface area contributed by atoms with Crippen LogP contribution in [0, 0.1) is 0 Å². The van der Waals surface area contributed by atoms with Crippen LogP contribution in [-0.2, 0) is 5.41 Å². The quantitative estimate of drug-likeness (QED) is 0.445. The monoisotopic (exact) mass is 348 g/mol. The van der Waals surface area contributed by atoms with Crippen LogP contribution in [0.5, 0.6) is 11.5 Å². The summed E-state index contributed by atoms with van der Waals surface area (Å²) in [5.41, 5.74) is 3.58. The molecule has 2 aromatic rings. The smallest absolute Gasteiger partial charge is 0.153 e. The van der Waals surface area contributed by atoms with Crippen molar-refractivity contribution < 1.29 is 4.74 Å². The van der Waals surface area contributed by atoms with Crippen molar-refractivity contribution in [3.05, 3.63) is 48.0 Å². The number of hydrogen-bond acceptors (Lipinski definition) is 1. The van der Waals surface area contributed by atoms with Crippen LogP contribution < -0.4 is 10.1 Å². The maximum absolute atomic E-state index is 6.18. The molecule has 1 fully saturated rings. The Kier molecular flexibility index (Phi) is 5.19. The number of rotatable bonds is 1. The minimum Gasteiger partial charge on any atom is -0.453 e. The molecule has 1 radical (unpaired) electrons. The molecule has 0 unspecified atom stereocenters. The third-order valence-corrected chi connectivity index (χ3v) is 6.17. The molecule has 1 aliphatic carbocycles. The first-order chi connectivity index (χ1) is 12.8. The molecule has 0 atom stereocenters. The number of ether oxygens (including phenoxy) is 1. The third-order valence-electron chi connectivity index (χ3n) is 6.17. The average Bonchev–Trinajstić information content (AvgIpc) is 2.71. The van der Waals surface area contributed by atoms with Crippen LogP contribution >= 0.6 is 0 Å². The van der Waals surface area contributed by atoms with Crippen LogP contribution in [0.3, 0.4) is 0 Å². The summed E-state index contributed by atoms with van der Waals surface area (Å²) in [4.78, 5) is 0. The highest BCUT2D eigenvalue weighted by molar-refractivity contribution is 5.71. The Morgan fingerprint density at radius 3 is 2.08 bits per heavy atom. The molecule has 0 spiro atoms. The minimum absolute atomic E-state index is 0.189. The number of benzene rings is 2. The van der Waals surface area contributed by atoms with Gasteiger partial charge in [-0.15, -0.1) is 0 Å². The molecule has 2 aliphatic rings. The molecule has 1 heterocycles. The van der Waals surface area contributed by atoms with Crippen LogP contribution in [0.2, 0.25) is 0 Å². The van der Waals surface area contributed by atoms with Gasteiger partial charge in [0.1, 0.15) is 11.4 Å². The second-order valence-corrected chi connectivity index (χ2v) is 8.22. The summed E-state index contributed by atoms with van der Waals surface area (Å²) in [5.74, 6) is 1.78. The zero-order chi connectivity index (χ0) is 17.8. The van der Waals surface area contributed by atoms with Crippen LogP contribution in [0.25, 0.3) is 0 Å².